The van der Waals surface area contributed by atoms with Crippen LogP contribution in [0.1, 0.15) is 40.8 Å². The van der Waals surface area contributed by atoms with E-state index in [4.69, 9.17) is 9.47 Å². The van der Waals surface area contributed by atoms with Crippen molar-refractivity contribution in [3.63, 3.8) is 0 Å². The minimum absolute atomic E-state index is 0.0225. The molecule has 1 unspecified atom stereocenters. The standard InChI is InChI=1S/C29H26N2O5/c1-5-36-24-15-20(10-13-23(24)35-4)26-25(27(32)22-14-17(2)6-7-18(22)3)28(33)29(34)31(26)21-11-8-19(16-30)9-12-21/h6-15,26,32H,5H2,1-4H3/b27-25+. The molecule has 1 N–H and O–H groups in total. The molecule has 0 bridgehead atoms. The number of carbonyl (C=O) groups is 2. The highest BCUT2D eigenvalue weighted by molar-refractivity contribution is 6.51. The van der Waals surface area contributed by atoms with Crippen LogP contribution in [0.5, 0.6) is 11.5 Å². The predicted octanol–water partition coefficient (Wildman–Crippen LogP) is 5.21. The van der Waals surface area contributed by atoms with Crippen molar-refractivity contribution in [3.05, 3.63) is 94.1 Å². The van der Waals surface area contributed by atoms with Crippen LogP contribution in [0.3, 0.4) is 0 Å². The second-order valence-corrected chi connectivity index (χ2v) is 8.49. The highest BCUT2D eigenvalue weighted by atomic mass is 16.5. The molecule has 3 aromatic rings. The summed E-state index contributed by atoms with van der Waals surface area (Å²) in [6, 6.07) is 18.2. The first kappa shape index (κ1) is 24.6. The Labute approximate surface area is 209 Å². The van der Waals surface area contributed by atoms with Crippen molar-refractivity contribution < 1.29 is 24.2 Å². The molecule has 0 spiro atoms. The average Bonchev–Trinajstić information content (AvgIpc) is 3.15. The van der Waals surface area contributed by atoms with Crippen molar-refractivity contribution in [2.24, 2.45) is 0 Å². The van der Waals surface area contributed by atoms with Crippen molar-refractivity contribution in [3.8, 4) is 17.6 Å². The van der Waals surface area contributed by atoms with E-state index >= 15 is 0 Å². The smallest absolute Gasteiger partial charge is 0.300 e. The first-order valence-corrected chi connectivity index (χ1v) is 11.5. The van der Waals surface area contributed by atoms with Gasteiger partial charge < -0.3 is 14.6 Å². The van der Waals surface area contributed by atoms with Gasteiger partial charge in [-0.05, 0) is 74.4 Å². The molecule has 0 aromatic heterocycles. The molecule has 1 heterocycles. The third-order valence-electron chi connectivity index (χ3n) is 6.17. The summed E-state index contributed by atoms with van der Waals surface area (Å²) >= 11 is 0. The maximum absolute atomic E-state index is 13.4. The number of aliphatic hydroxyl groups is 1. The highest BCUT2D eigenvalue weighted by Crippen LogP contribution is 2.44. The van der Waals surface area contributed by atoms with Crippen molar-refractivity contribution in [1.82, 2.24) is 0 Å². The number of anilines is 1. The van der Waals surface area contributed by atoms with E-state index in [0.717, 1.165) is 11.1 Å². The van der Waals surface area contributed by atoms with Crippen LogP contribution in [0.4, 0.5) is 5.69 Å². The molecule has 1 saturated heterocycles. The lowest BCUT2D eigenvalue weighted by atomic mass is 9.93. The minimum atomic E-state index is -0.928. The fourth-order valence-corrected chi connectivity index (χ4v) is 4.38. The number of benzene rings is 3. The Hall–Kier alpha value is -4.57. The number of amides is 1. The molecule has 1 atom stereocenters. The van der Waals surface area contributed by atoms with Gasteiger partial charge in [0.1, 0.15) is 5.76 Å². The molecule has 1 aliphatic rings. The molecule has 0 aliphatic carbocycles. The Balaban J connectivity index is 1.99. The summed E-state index contributed by atoms with van der Waals surface area (Å²) in [5.41, 5.74) is 3.55. The molecule has 4 rings (SSSR count). The lowest BCUT2D eigenvalue weighted by Crippen LogP contribution is -2.29. The number of hydrogen-bond acceptors (Lipinski definition) is 6. The maximum atomic E-state index is 13.4. The van der Waals surface area contributed by atoms with Gasteiger partial charge in [-0.2, -0.15) is 5.26 Å². The van der Waals surface area contributed by atoms with Crippen LogP contribution in [-0.4, -0.2) is 30.5 Å². The second kappa shape index (κ2) is 9.96. The monoisotopic (exact) mass is 482 g/mol. The lowest BCUT2D eigenvalue weighted by Gasteiger charge is -2.26. The third kappa shape index (κ3) is 4.29. The third-order valence-corrected chi connectivity index (χ3v) is 6.17. The molecule has 0 radical (unpaired) electrons. The van der Waals surface area contributed by atoms with E-state index in [1.165, 1.54) is 12.0 Å². The fourth-order valence-electron chi connectivity index (χ4n) is 4.38. The Morgan fingerprint density at radius 1 is 1.03 bits per heavy atom. The number of hydrogen-bond donors (Lipinski definition) is 1. The van der Waals surface area contributed by atoms with Crippen LogP contribution in [0.2, 0.25) is 0 Å². The Bertz CT molecular complexity index is 1420. The molecule has 1 amide bonds. The van der Waals surface area contributed by atoms with Crippen molar-refractivity contribution in [1.29, 1.82) is 5.26 Å². The van der Waals surface area contributed by atoms with E-state index in [2.05, 4.69) is 6.07 Å². The van der Waals surface area contributed by atoms with Gasteiger partial charge in [-0.15, -0.1) is 0 Å². The number of ether oxygens (including phenoxy) is 2. The molecule has 0 saturated carbocycles. The van der Waals surface area contributed by atoms with Gasteiger partial charge in [-0.3, -0.25) is 14.5 Å². The number of methoxy groups -OCH3 is 1. The Kier molecular flexibility index (Phi) is 6.80. The van der Waals surface area contributed by atoms with E-state index in [0.29, 0.717) is 40.5 Å². The van der Waals surface area contributed by atoms with E-state index in [1.54, 1.807) is 48.5 Å². The van der Waals surface area contributed by atoms with Crippen LogP contribution >= 0.6 is 0 Å². The number of nitrogens with zero attached hydrogens (tertiary/aromatic N) is 2. The number of Topliss-reactive ketones (excluding diaryl/α,β-unsaturated/α-hetero) is 1. The van der Waals surface area contributed by atoms with E-state index in [-0.39, 0.29) is 11.3 Å². The van der Waals surface area contributed by atoms with Crippen molar-refractivity contribution >= 4 is 23.1 Å². The van der Waals surface area contributed by atoms with E-state index in [1.807, 2.05) is 32.9 Å². The van der Waals surface area contributed by atoms with Crippen molar-refractivity contribution in [2.45, 2.75) is 26.8 Å². The molecular formula is C29H26N2O5. The molecule has 182 valence electrons. The first-order valence-electron chi connectivity index (χ1n) is 11.5. The van der Waals surface area contributed by atoms with Gasteiger partial charge in [-0.1, -0.05) is 23.8 Å². The summed E-state index contributed by atoms with van der Waals surface area (Å²) in [7, 11) is 1.53. The first-order chi connectivity index (χ1) is 17.3. The van der Waals surface area contributed by atoms with Gasteiger partial charge in [0.15, 0.2) is 11.5 Å². The highest BCUT2D eigenvalue weighted by Gasteiger charge is 2.47. The number of aliphatic hydroxyl groups excluding tert-OH is 1. The van der Waals surface area contributed by atoms with Gasteiger partial charge in [0.05, 0.1) is 37.0 Å². The lowest BCUT2D eigenvalue weighted by molar-refractivity contribution is -0.132. The SMILES string of the molecule is CCOc1cc(C2/C(=C(\O)c3cc(C)ccc3C)C(=O)C(=O)N2c2ccc(C#N)cc2)ccc1OC. The van der Waals surface area contributed by atoms with Crippen molar-refractivity contribution in [2.75, 3.05) is 18.6 Å². The van der Waals surface area contributed by atoms with E-state index in [9.17, 15) is 20.0 Å². The van der Waals surface area contributed by atoms with Gasteiger partial charge in [0.2, 0.25) is 0 Å². The summed E-state index contributed by atoms with van der Waals surface area (Å²) in [4.78, 5) is 28.2. The molecule has 1 fully saturated rings. The minimum Gasteiger partial charge on any atom is -0.507 e. The van der Waals surface area contributed by atoms with Crippen LogP contribution < -0.4 is 14.4 Å². The molecule has 7 heteroatoms. The zero-order chi connectivity index (χ0) is 26.0. The Morgan fingerprint density at radius 3 is 2.39 bits per heavy atom. The largest absolute Gasteiger partial charge is 0.507 e. The van der Waals surface area contributed by atoms with E-state index < -0.39 is 17.7 Å². The van der Waals surface area contributed by atoms with Gasteiger partial charge >= 0.3 is 0 Å². The number of rotatable bonds is 6. The fraction of sp³-hybridized carbons (Fsp3) is 0.207. The van der Waals surface area contributed by atoms with Gasteiger partial charge in [0, 0.05) is 11.3 Å². The molecule has 3 aromatic carbocycles. The summed E-state index contributed by atoms with van der Waals surface area (Å²) in [6.07, 6.45) is 0. The second-order valence-electron chi connectivity index (χ2n) is 8.49. The summed E-state index contributed by atoms with van der Waals surface area (Å²) < 4.78 is 11.1. The number of aryl methyl sites for hydroxylation is 2. The number of carbonyl (C=O) groups excluding carboxylic acids is 2. The Morgan fingerprint density at radius 2 is 1.75 bits per heavy atom. The number of nitriles is 1. The molecule has 36 heavy (non-hydrogen) atoms. The molecule has 1 aliphatic heterocycles. The van der Waals surface area contributed by atoms with Gasteiger partial charge in [-0.25, -0.2) is 0 Å². The zero-order valence-corrected chi connectivity index (χ0v) is 20.5. The summed E-state index contributed by atoms with van der Waals surface area (Å²) in [5.74, 6) is -0.855. The zero-order valence-electron chi connectivity index (χ0n) is 20.5. The van der Waals surface area contributed by atoms with Crippen LogP contribution in [0.15, 0.2) is 66.2 Å². The quantitative estimate of drug-likeness (QED) is 0.294. The normalized spacial score (nSPS) is 16.6. The van der Waals surface area contributed by atoms with Crippen LogP contribution in [-0.2, 0) is 9.59 Å². The summed E-state index contributed by atoms with van der Waals surface area (Å²) in [5, 5.41) is 20.6. The van der Waals surface area contributed by atoms with Crippen LogP contribution in [0.25, 0.3) is 5.76 Å². The molecule has 7 nitrogen and oxygen atoms in total. The topological polar surface area (TPSA) is 99.9 Å². The maximum Gasteiger partial charge on any atom is 0.300 e. The summed E-state index contributed by atoms with van der Waals surface area (Å²) in [6.45, 7) is 5.95. The predicted molar refractivity (Wildman–Crippen MR) is 136 cm³/mol. The van der Waals surface area contributed by atoms with Crippen LogP contribution in [0, 0.1) is 25.2 Å². The van der Waals surface area contributed by atoms with Gasteiger partial charge in [0.25, 0.3) is 11.7 Å². The molecular weight excluding hydrogens is 456 g/mol. The average molecular weight is 483 g/mol. The number of ketones is 1.